The minimum Gasteiger partial charge on any atom is -0.456 e. The smallest absolute Gasteiger partial charge is 0.164 e. The number of benzene rings is 7. The lowest BCUT2D eigenvalue weighted by Gasteiger charge is -2.10. The molecule has 0 bridgehead atoms. The van der Waals surface area contributed by atoms with Crippen molar-refractivity contribution in [2.24, 2.45) is 0 Å². The van der Waals surface area contributed by atoms with Crippen LogP contribution in [0.3, 0.4) is 0 Å². The lowest BCUT2D eigenvalue weighted by molar-refractivity contribution is 0.574. The van der Waals surface area contributed by atoms with Gasteiger partial charge in [0, 0.05) is 38.1 Å². The summed E-state index contributed by atoms with van der Waals surface area (Å²) in [5.41, 5.74) is 12.3. The summed E-state index contributed by atoms with van der Waals surface area (Å²) in [5.74, 6) is 1.65. The van der Waals surface area contributed by atoms with Crippen LogP contribution in [0.5, 0.6) is 0 Å². The van der Waals surface area contributed by atoms with Gasteiger partial charge in [0.1, 0.15) is 22.2 Å². The van der Waals surface area contributed by atoms with Gasteiger partial charge in [-0.15, -0.1) is 0 Å². The second-order valence-electron chi connectivity index (χ2n) is 13.9. The molecule has 0 amide bonds. The molecule has 3 heterocycles. The number of fused-ring (bicyclic) bond motifs is 4. The highest BCUT2D eigenvalue weighted by molar-refractivity contribution is 6.13. The fourth-order valence-corrected chi connectivity index (χ4v) is 7.76. The minimum atomic E-state index is 0.506. The predicted molar refractivity (Wildman–Crippen MR) is 233 cm³/mol. The third kappa shape index (κ3) is 6.12. The molecule has 5 nitrogen and oxygen atoms in total. The van der Waals surface area contributed by atoms with E-state index >= 15 is 0 Å². The van der Waals surface area contributed by atoms with Crippen molar-refractivity contribution in [1.29, 1.82) is 0 Å². The predicted octanol–water partition coefficient (Wildman–Crippen LogP) is 12.0. The summed E-state index contributed by atoms with van der Waals surface area (Å²) in [7, 11) is 0. The summed E-state index contributed by atoms with van der Waals surface area (Å²) in [6, 6.07) is 58.1. The summed E-state index contributed by atoms with van der Waals surface area (Å²) in [4.78, 5) is 15.3. The second kappa shape index (κ2) is 14.2. The summed E-state index contributed by atoms with van der Waals surface area (Å²) >= 11 is 0. The summed E-state index contributed by atoms with van der Waals surface area (Å²) in [6.07, 6.45) is 3.81. The van der Waals surface area contributed by atoms with Crippen molar-refractivity contribution in [3.05, 3.63) is 199 Å². The van der Waals surface area contributed by atoms with Gasteiger partial charge in [-0.1, -0.05) is 146 Å². The van der Waals surface area contributed by atoms with Crippen LogP contribution in [-0.4, -0.2) is 15.0 Å². The Morgan fingerprint density at radius 2 is 1.04 bits per heavy atom. The summed E-state index contributed by atoms with van der Waals surface area (Å²) < 4.78 is 12.9. The molecular formula is C52H35N3O2. The average Bonchev–Trinajstić information content (AvgIpc) is 3.85. The van der Waals surface area contributed by atoms with Gasteiger partial charge in [-0.3, -0.25) is 0 Å². The van der Waals surface area contributed by atoms with E-state index in [1.54, 1.807) is 0 Å². The maximum atomic E-state index is 6.53. The first-order valence-corrected chi connectivity index (χ1v) is 19.0. The Morgan fingerprint density at radius 1 is 0.474 bits per heavy atom. The van der Waals surface area contributed by atoms with Crippen LogP contribution in [0.2, 0.25) is 0 Å². The third-order valence-corrected chi connectivity index (χ3v) is 10.5. The molecule has 0 radical (unpaired) electrons. The van der Waals surface area contributed by atoms with E-state index in [1.165, 1.54) is 0 Å². The SMILES string of the molecule is C=C/C(c1nc(-c2ccccc2)nc(-c2cccc(-c3ccccc3)c2)n1)=c1\c(=C/C)oc2ccc(-c3cccc4oc5ccc(-c6ccccc6)cc5c34)cc12. The van der Waals surface area contributed by atoms with Crippen LogP contribution >= 0.6 is 0 Å². The molecule has 0 fully saturated rings. The number of furan rings is 2. The molecule has 270 valence electrons. The van der Waals surface area contributed by atoms with Crippen molar-refractivity contribution in [3.63, 3.8) is 0 Å². The number of allylic oxidation sites excluding steroid dienone is 1. The van der Waals surface area contributed by atoms with Gasteiger partial charge in [-0.2, -0.15) is 0 Å². The van der Waals surface area contributed by atoms with Crippen molar-refractivity contribution < 1.29 is 8.83 Å². The summed E-state index contributed by atoms with van der Waals surface area (Å²) in [5, 5.41) is 3.93. The van der Waals surface area contributed by atoms with Gasteiger partial charge in [0.15, 0.2) is 17.5 Å². The molecule has 0 N–H and O–H groups in total. The Balaban J connectivity index is 1.19. The first-order chi connectivity index (χ1) is 28.1. The fraction of sp³-hybridized carbons (Fsp3) is 0.0192. The lowest BCUT2D eigenvalue weighted by Crippen LogP contribution is -2.24. The van der Waals surface area contributed by atoms with Gasteiger partial charge in [0.25, 0.3) is 0 Å². The van der Waals surface area contributed by atoms with E-state index in [9.17, 15) is 0 Å². The Hall–Kier alpha value is -7.63. The molecule has 0 saturated carbocycles. The first kappa shape index (κ1) is 33.9. The van der Waals surface area contributed by atoms with Crippen molar-refractivity contribution in [2.45, 2.75) is 6.92 Å². The van der Waals surface area contributed by atoms with Crippen LogP contribution < -0.4 is 10.6 Å². The third-order valence-electron chi connectivity index (χ3n) is 10.5. The molecule has 0 aliphatic heterocycles. The van der Waals surface area contributed by atoms with E-state index < -0.39 is 0 Å². The standard InChI is InChI=1S/C52H35N3O2/c1-3-40(52-54-50(35-20-12-7-13-21-35)53-51(55-52)39-23-14-22-36(30-39)33-16-8-5-9-17-33)48-43-32-38(27-29-45(43)56-44(48)4-2)41-24-15-25-47-49(41)42-31-37(26-28-46(42)57-47)34-18-10-6-11-19-34/h3-32H,1H2,2H3/b44-4+,48-40+. The lowest BCUT2D eigenvalue weighted by atomic mass is 9.96. The maximum absolute atomic E-state index is 6.53. The highest BCUT2D eigenvalue weighted by Gasteiger charge is 2.18. The zero-order valence-corrected chi connectivity index (χ0v) is 31.2. The quantitative estimate of drug-likeness (QED) is 0.163. The van der Waals surface area contributed by atoms with Crippen LogP contribution in [0.25, 0.3) is 101 Å². The molecule has 0 spiro atoms. The number of aromatic nitrogens is 3. The maximum Gasteiger partial charge on any atom is 0.164 e. The van der Waals surface area contributed by atoms with Gasteiger partial charge < -0.3 is 8.83 Å². The Labute approximate surface area is 329 Å². The molecule has 0 saturated heterocycles. The number of hydrogen-bond acceptors (Lipinski definition) is 5. The molecule has 10 aromatic rings. The van der Waals surface area contributed by atoms with Crippen LogP contribution in [0.4, 0.5) is 0 Å². The molecule has 57 heavy (non-hydrogen) atoms. The van der Waals surface area contributed by atoms with E-state index in [0.29, 0.717) is 22.9 Å². The van der Waals surface area contributed by atoms with Gasteiger partial charge in [0.2, 0.25) is 0 Å². The molecule has 10 rings (SSSR count). The van der Waals surface area contributed by atoms with E-state index in [4.69, 9.17) is 23.8 Å². The van der Waals surface area contributed by atoms with Crippen LogP contribution in [0.15, 0.2) is 191 Å². The largest absolute Gasteiger partial charge is 0.456 e. The number of nitrogens with zero attached hydrogens (tertiary/aromatic N) is 3. The minimum absolute atomic E-state index is 0.506. The van der Waals surface area contributed by atoms with Gasteiger partial charge in [-0.25, -0.2) is 15.0 Å². The van der Waals surface area contributed by atoms with Gasteiger partial charge in [-0.05, 0) is 82.8 Å². The number of rotatable bonds is 7. The molecule has 0 aliphatic carbocycles. The summed E-state index contributed by atoms with van der Waals surface area (Å²) in [6.45, 7) is 6.29. The molecule has 0 unspecified atom stereocenters. The van der Waals surface area contributed by atoms with Crippen molar-refractivity contribution in [2.75, 3.05) is 0 Å². The van der Waals surface area contributed by atoms with E-state index in [2.05, 4.69) is 97.6 Å². The van der Waals surface area contributed by atoms with E-state index in [1.807, 2.05) is 97.9 Å². The molecule has 7 aromatic carbocycles. The van der Waals surface area contributed by atoms with E-state index in [0.717, 1.165) is 88.2 Å². The Kier molecular flexibility index (Phi) is 8.46. The second-order valence-corrected chi connectivity index (χ2v) is 13.9. The van der Waals surface area contributed by atoms with Crippen molar-refractivity contribution in [1.82, 2.24) is 15.0 Å². The van der Waals surface area contributed by atoms with Crippen molar-refractivity contribution in [3.8, 4) is 56.2 Å². The fourth-order valence-electron chi connectivity index (χ4n) is 7.76. The zero-order chi connectivity index (χ0) is 38.3. The molecular weight excluding hydrogens is 699 g/mol. The van der Waals surface area contributed by atoms with Crippen LogP contribution in [0.1, 0.15) is 12.7 Å². The zero-order valence-electron chi connectivity index (χ0n) is 31.2. The van der Waals surface area contributed by atoms with Gasteiger partial charge in [0.05, 0.1) is 0 Å². The van der Waals surface area contributed by atoms with Crippen LogP contribution in [0, 0.1) is 0 Å². The monoisotopic (exact) mass is 733 g/mol. The van der Waals surface area contributed by atoms with E-state index in [-0.39, 0.29) is 0 Å². The molecule has 0 atom stereocenters. The van der Waals surface area contributed by atoms with Crippen molar-refractivity contribution >= 4 is 44.6 Å². The molecule has 3 aromatic heterocycles. The topological polar surface area (TPSA) is 65.0 Å². The molecule has 0 aliphatic rings. The highest BCUT2D eigenvalue weighted by atomic mass is 16.3. The normalized spacial score (nSPS) is 12.4. The van der Waals surface area contributed by atoms with Gasteiger partial charge >= 0.3 is 0 Å². The average molecular weight is 734 g/mol. The molecule has 5 heteroatoms. The first-order valence-electron chi connectivity index (χ1n) is 19.0. The Bertz CT molecular complexity index is 3250. The number of hydrogen-bond donors (Lipinski definition) is 0. The Morgan fingerprint density at radius 3 is 1.72 bits per heavy atom. The highest BCUT2D eigenvalue weighted by Crippen LogP contribution is 2.39. The van der Waals surface area contributed by atoms with Crippen LogP contribution in [-0.2, 0) is 0 Å².